The molecule has 0 aliphatic carbocycles. The lowest BCUT2D eigenvalue weighted by molar-refractivity contribution is -0.129. The summed E-state index contributed by atoms with van der Waals surface area (Å²) >= 11 is 0. The molecule has 0 aromatic carbocycles. The SMILES string of the molecule is C=CC(=O)N1C[C@H](Nc2ncnc3c2ccn3C(=O)OC(C)C)CC[C@@H]1C. The Bertz CT molecular complexity index is 860. The van der Waals surface area contributed by atoms with E-state index in [1.807, 2.05) is 11.8 Å². The lowest BCUT2D eigenvalue weighted by atomic mass is 9.99. The van der Waals surface area contributed by atoms with Crippen molar-refractivity contribution in [3.63, 3.8) is 0 Å². The Balaban J connectivity index is 1.81. The van der Waals surface area contributed by atoms with Crippen LogP contribution < -0.4 is 5.32 Å². The fourth-order valence-corrected chi connectivity index (χ4v) is 3.31. The van der Waals surface area contributed by atoms with Gasteiger partial charge in [0.15, 0.2) is 5.65 Å². The van der Waals surface area contributed by atoms with Gasteiger partial charge in [0.2, 0.25) is 5.91 Å². The van der Waals surface area contributed by atoms with Crippen molar-refractivity contribution in [3.05, 3.63) is 31.2 Å². The van der Waals surface area contributed by atoms with Crippen LogP contribution in [0.2, 0.25) is 0 Å². The molecule has 2 aromatic heterocycles. The normalized spacial score (nSPS) is 19.9. The number of amides is 1. The van der Waals surface area contributed by atoms with Gasteiger partial charge in [-0.25, -0.2) is 19.3 Å². The first-order valence-electron chi connectivity index (χ1n) is 9.13. The number of likely N-dealkylation sites (tertiary alicyclic amines) is 1. The molecule has 8 heteroatoms. The highest BCUT2D eigenvalue weighted by atomic mass is 16.6. The first-order chi connectivity index (χ1) is 12.9. The van der Waals surface area contributed by atoms with Crippen LogP contribution >= 0.6 is 0 Å². The maximum Gasteiger partial charge on any atom is 0.419 e. The Morgan fingerprint density at radius 3 is 2.85 bits per heavy atom. The van der Waals surface area contributed by atoms with E-state index in [1.165, 1.54) is 17.0 Å². The van der Waals surface area contributed by atoms with Gasteiger partial charge in [-0.3, -0.25) is 4.79 Å². The van der Waals surface area contributed by atoms with E-state index in [0.717, 1.165) is 18.2 Å². The third kappa shape index (κ3) is 3.94. The molecule has 1 amide bonds. The molecule has 0 radical (unpaired) electrons. The van der Waals surface area contributed by atoms with E-state index in [1.54, 1.807) is 26.1 Å². The Morgan fingerprint density at radius 2 is 2.15 bits per heavy atom. The van der Waals surface area contributed by atoms with Crippen molar-refractivity contribution in [1.29, 1.82) is 0 Å². The molecule has 2 aromatic rings. The highest BCUT2D eigenvalue weighted by Gasteiger charge is 2.28. The molecule has 144 valence electrons. The first-order valence-corrected chi connectivity index (χ1v) is 9.13. The van der Waals surface area contributed by atoms with Crippen LogP contribution in [0, 0.1) is 0 Å². The Labute approximate surface area is 158 Å². The van der Waals surface area contributed by atoms with E-state index in [2.05, 4.69) is 21.9 Å². The molecule has 1 saturated heterocycles. The summed E-state index contributed by atoms with van der Waals surface area (Å²) in [6.07, 6.45) is 5.53. The summed E-state index contributed by atoms with van der Waals surface area (Å²) in [5, 5.41) is 4.14. The average Bonchev–Trinajstić information content (AvgIpc) is 3.07. The van der Waals surface area contributed by atoms with Gasteiger partial charge in [-0.05, 0) is 45.8 Å². The van der Waals surface area contributed by atoms with Crippen LogP contribution in [0.15, 0.2) is 31.2 Å². The molecule has 0 saturated carbocycles. The van der Waals surface area contributed by atoms with Crippen molar-refractivity contribution in [3.8, 4) is 0 Å². The molecule has 3 rings (SSSR count). The summed E-state index contributed by atoms with van der Waals surface area (Å²) in [6, 6.07) is 2.04. The number of nitrogens with zero attached hydrogens (tertiary/aromatic N) is 4. The number of rotatable bonds is 4. The summed E-state index contributed by atoms with van der Waals surface area (Å²) < 4.78 is 6.62. The second-order valence-corrected chi connectivity index (χ2v) is 7.04. The van der Waals surface area contributed by atoms with Crippen molar-refractivity contribution in [2.75, 3.05) is 11.9 Å². The number of hydrogen-bond acceptors (Lipinski definition) is 6. The quantitative estimate of drug-likeness (QED) is 0.832. The maximum atomic E-state index is 12.2. The van der Waals surface area contributed by atoms with Gasteiger partial charge in [-0.2, -0.15) is 0 Å². The van der Waals surface area contributed by atoms with Crippen LogP contribution in [-0.2, 0) is 9.53 Å². The van der Waals surface area contributed by atoms with Gasteiger partial charge in [0.25, 0.3) is 0 Å². The topological polar surface area (TPSA) is 89.4 Å². The summed E-state index contributed by atoms with van der Waals surface area (Å²) in [5.74, 6) is 0.575. The third-order valence-electron chi connectivity index (χ3n) is 4.70. The number of anilines is 1. The molecular formula is C19H25N5O3. The summed E-state index contributed by atoms with van der Waals surface area (Å²) in [7, 11) is 0. The van der Waals surface area contributed by atoms with Crippen molar-refractivity contribution >= 4 is 28.9 Å². The van der Waals surface area contributed by atoms with Crippen LogP contribution in [-0.4, -0.2) is 56.2 Å². The second kappa shape index (κ2) is 7.77. The Hall–Kier alpha value is -2.90. The van der Waals surface area contributed by atoms with E-state index in [9.17, 15) is 9.59 Å². The zero-order valence-corrected chi connectivity index (χ0v) is 15.9. The van der Waals surface area contributed by atoms with E-state index in [-0.39, 0.29) is 24.1 Å². The molecular weight excluding hydrogens is 346 g/mol. The fourth-order valence-electron chi connectivity index (χ4n) is 3.31. The van der Waals surface area contributed by atoms with E-state index < -0.39 is 6.09 Å². The number of piperidine rings is 1. The van der Waals surface area contributed by atoms with Crippen LogP contribution in [0.25, 0.3) is 11.0 Å². The first kappa shape index (κ1) is 18.9. The summed E-state index contributed by atoms with van der Waals surface area (Å²) in [5.41, 5.74) is 0.487. The monoisotopic (exact) mass is 371 g/mol. The van der Waals surface area contributed by atoms with E-state index in [0.29, 0.717) is 18.0 Å². The lowest BCUT2D eigenvalue weighted by Crippen LogP contribution is -2.49. The number of hydrogen-bond donors (Lipinski definition) is 1. The number of fused-ring (bicyclic) bond motifs is 1. The van der Waals surface area contributed by atoms with E-state index in [4.69, 9.17) is 4.74 Å². The molecule has 0 bridgehead atoms. The van der Waals surface area contributed by atoms with Crippen LogP contribution in [0.1, 0.15) is 33.6 Å². The Morgan fingerprint density at radius 1 is 1.37 bits per heavy atom. The highest BCUT2D eigenvalue weighted by molar-refractivity contribution is 5.93. The highest BCUT2D eigenvalue weighted by Crippen LogP contribution is 2.25. The average molecular weight is 371 g/mol. The molecule has 3 heterocycles. The number of nitrogens with one attached hydrogen (secondary N) is 1. The van der Waals surface area contributed by atoms with Crippen molar-refractivity contribution in [2.45, 2.75) is 51.8 Å². The zero-order valence-electron chi connectivity index (χ0n) is 15.9. The molecule has 1 N–H and O–H groups in total. The minimum absolute atomic E-state index is 0.0640. The van der Waals surface area contributed by atoms with Crippen LogP contribution in [0.4, 0.5) is 10.6 Å². The molecule has 1 aliphatic heterocycles. The van der Waals surface area contributed by atoms with E-state index >= 15 is 0 Å². The summed E-state index contributed by atoms with van der Waals surface area (Å²) in [6.45, 7) is 9.80. The minimum atomic E-state index is -0.473. The zero-order chi connectivity index (χ0) is 19.6. The standard InChI is InChI=1S/C19H25N5O3/c1-5-16(25)24-10-14(7-6-13(24)4)22-17-15-8-9-23(18(15)21-11-20-17)19(26)27-12(2)3/h5,8-9,11-14H,1,6-7,10H2,2-4H3,(H,20,21,22)/t13-,14+/m0/s1. The molecule has 1 aliphatic rings. The predicted octanol–water partition coefficient (Wildman–Crippen LogP) is 2.80. The number of aromatic nitrogens is 3. The van der Waals surface area contributed by atoms with Gasteiger partial charge in [0.05, 0.1) is 11.5 Å². The van der Waals surface area contributed by atoms with Gasteiger partial charge < -0.3 is 15.0 Å². The molecule has 27 heavy (non-hydrogen) atoms. The van der Waals surface area contributed by atoms with Gasteiger partial charge in [0, 0.05) is 24.8 Å². The van der Waals surface area contributed by atoms with Gasteiger partial charge in [-0.15, -0.1) is 0 Å². The van der Waals surface area contributed by atoms with Crippen molar-refractivity contribution in [2.24, 2.45) is 0 Å². The van der Waals surface area contributed by atoms with Crippen LogP contribution in [0.5, 0.6) is 0 Å². The molecule has 2 atom stereocenters. The van der Waals surface area contributed by atoms with Crippen LogP contribution in [0.3, 0.4) is 0 Å². The van der Waals surface area contributed by atoms with Gasteiger partial charge in [-0.1, -0.05) is 6.58 Å². The maximum absolute atomic E-state index is 12.2. The largest absolute Gasteiger partial charge is 0.446 e. The van der Waals surface area contributed by atoms with Gasteiger partial charge >= 0.3 is 6.09 Å². The molecule has 1 fully saturated rings. The molecule has 0 spiro atoms. The minimum Gasteiger partial charge on any atom is -0.446 e. The molecule has 0 unspecified atom stereocenters. The predicted molar refractivity (Wildman–Crippen MR) is 103 cm³/mol. The molecule has 8 nitrogen and oxygen atoms in total. The number of ether oxygens (including phenoxy) is 1. The van der Waals surface area contributed by atoms with Gasteiger partial charge in [0.1, 0.15) is 12.1 Å². The fraction of sp³-hybridized carbons (Fsp3) is 0.474. The summed E-state index contributed by atoms with van der Waals surface area (Å²) in [4.78, 5) is 34.7. The Kier molecular flexibility index (Phi) is 5.43. The number of carbonyl (C=O) groups is 2. The smallest absolute Gasteiger partial charge is 0.419 e. The van der Waals surface area contributed by atoms with Crippen molar-refractivity contribution in [1.82, 2.24) is 19.4 Å². The third-order valence-corrected chi connectivity index (χ3v) is 4.70. The lowest BCUT2D eigenvalue weighted by Gasteiger charge is -2.38. The number of carbonyl (C=O) groups excluding carboxylic acids is 2. The second-order valence-electron chi connectivity index (χ2n) is 7.04. The van der Waals surface area contributed by atoms with Crippen molar-refractivity contribution < 1.29 is 14.3 Å².